The summed E-state index contributed by atoms with van der Waals surface area (Å²) in [6, 6.07) is 0.523. The highest BCUT2D eigenvalue weighted by Crippen LogP contribution is 2.12. The van der Waals surface area contributed by atoms with Gasteiger partial charge in [0.2, 0.25) is 5.91 Å². The van der Waals surface area contributed by atoms with Crippen LogP contribution in [0.25, 0.3) is 0 Å². The van der Waals surface area contributed by atoms with Crippen LogP contribution in [-0.2, 0) is 4.79 Å². The highest BCUT2D eigenvalue weighted by atomic mass is 16.2. The van der Waals surface area contributed by atoms with Crippen molar-refractivity contribution < 1.29 is 4.79 Å². The molecule has 4 nitrogen and oxygen atoms in total. The Balaban J connectivity index is 1.72. The molecular weight excluding hydrogens is 226 g/mol. The summed E-state index contributed by atoms with van der Waals surface area (Å²) in [5.74, 6) is 0.200. The predicted molar refractivity (Wildman–Crippen MR) is 73.5 cm³/mol. The van der Waals surface area contributed by atoms with E-state index in [4.69, 9.17) is 0 Å². The standard InChI is InChI=1S/C14H27N3O/c1-12(17-9-4-2-3-5-10-17)14(18)16-11-13-7-6-8-15-13/h12-13,15H,2-11H2,1H3,(H,16,18). The number of nitrogens with one attached hydrogen (secondary N) is 2. The summed E-state index contributed by atoms with van der Waals surface area (Å²) in [5, 5.41) is 6.51. The number of hydrogen-bond acceptors (Lipinski definition) is 3. The normalized spacial score (nSPS) is 27.7. The molecule has 2 aliphatic heterocycles. The Morgan fingerprint density at radius 2 is 2.00 bits per heavy atom. The van der Waals surface area contributed by atoms with Crippen LogP contribution in [0.3, 0.4) is 0 Å². The van der Waals surface area contributed by atoms with E-state index in [0.717, 1.165) is 26.2 Å². The van der Waals surface area contributed by atoms with E-state index in [0.29, 0.717) is 6.04 Å². The summed E-state index contributed by atoms with van der Waals surface area (Å²) in [6.45, 7) is 6.09. The number of carbonyl (C=O) groups is 1. The van der Waals surface area contributed by atoms with E-state index in [2.05, 4.69) is 15.5 Å². The Bertz CT molecular complexity index is 256. The van der Waals surface area contributed by atoms with Crippen LogP contribution < -0.4 is 10.6 Å². The number of hydrogen-bond donors (Lipinski definition) is 2. The molecule has 0 spiro atoms. The topological polar surface area (TPSA) is 44.4 Å². The summed E-state index contributed by atoms with van der Waals surface area (Å²) < 4.78 is 0. The molecule has 2 saturated heterocycles. The summed E-state index contributed by atoms with van der Waals surface area (Å²) >= 11 is 0. The fourth-order valence-corrected chi connectivity index (χ4v) is 2.95. The van der Waals surface area contributed by atoms with Crippen molar-refractivity contribution in [2.45, 2.75) is 57.5 Å². The van der Waals surface area contributed by atoms with Gasteiger partial charge >= 0.3 is 0 Å². The van der Waals surface area contributed by atoms with Gasteiger partial charge in [0.05, 0.1) is 6.04 Å². The highest BCUT2D eigenvalue weighted by molar-refractivity contribution is 5.81. The third-order valence-corrected chi connectivity index (χ3v) is 4.25. The second kappa shape index (κ2) is 7.10. The van der Waals surface area contributed by atoms with Gasteiger partial charge in [-0.2, -0.15) is 0 Å². The van der Waals surface area contributed by atoms with Crippen LogP contribution in [0.15, 0.2) is 0 Å². The van der Waals surface area contributed by atoms with Crippen LogP contribution in [0, 0.1) is 0 Å². The fraction of sp³-hybridized carbons (Fsp3) is 0.929. The van der Waals surface area contributed by atoms with Crippen molar-refractivity contribution in [3.63, 3.8) is 0 Å². The Kier molecular flexibility index (Phi) is 5.45. The van der Waals surface area contributed by atoms with E-state index in [1.165, 1.54) is 38.5 Å². The molecule has 0 bridgehead atoms. The van der Waals surface area contributed by atoms with Gasteiger partial charge in [-0.25, -0.2) is 0 Å². The second-order valence-corrected chi connectivity index (χ2v) is 5.66. The first-order chi connectivity index (χ1) is 8.77. The van der Waals surface area contributed by atoms with Gasteiger partial charge in [0.15, 0.2) is 0 Å². The Hall–Kier alpha value is -0.610. The minimum Gasteiger partial charge on any atom is -0.353 e. The smallest absolute Gasteiger partial charge is 0.237 e. The minimum absolute atomic E-state index is 0.0319. The molecule has 0 aromatic carbocycles. The molecule has 0 aromatic rings. The first kappa shape index (κ1) is 13.8. The lowest BCUT2D eigenvalue weighted by Gasteiger charge is -2.27. The molecule has 2 fully saturated rings. The Morgan fingerprint density at radius 3 is 2.61 bits per heavy atom. The van der Waals surface area contributed by atoms with Gasteiger partial charge < -0.3 is 10.6 Å². The number of amides is 1. The average Bonchev–Trinajstić information content (AvgIpc) is 2.75. The largest absolute Gasteiger partial charge is 0.353 e. The van der Waals surface area contributed by atoms with Crippen LogP contribution in [0.5, 0.6) is 0 Å². The quantitative estimate of drug-likeness (QED) is 0.789. The van der Waals surface area contributed by atoms with Crippen LogP contribution in [0.1, 0.15) is 45.4 Å². The van der Waals surface area contributed by atoms with Crippen molar-refractivity contribution in [2.75, 3.05) is 26.2 Å². The molecule has 2 unspecified atom stereocenters. The molecule has 0 radical (unpaired) electrons. The summed E-state index contributed by atoms with van der Waals surface area (Å²) in [5.41, 5.74) is 0. The molecule has 1 amide bonds. The van der Waals surface area contributed by atoms with Gasteiger partial charge in [0.25, 0.3) is 0 Å². The lowest BCUT2D eigenvalue weighted by molar-refractivity contribution is -0.125. The molecule has 2 atom stereocenters. The number of rotatable bonds is 4. The van der Waals surface area contributed by atoms with Gasteiger partial charge in [-0.05, 0) is 52.2 Å². The zero-order valence-electron chi connectivity index (χ0n) is 11.6. The zero-order chi connectivity index (χ0) is 12.8. The van der Waals surface area contributed by atoms with Crippen LogP contribution in [0.2, 0.25) is 0 Å². The SMILES string of the molecule is CC(C(=O)NCC1CCCN1)N1CCCCCC1. The molecule has 104 valence electrons. The van der Waals surface area contributed by atoms with E-state index in [1.54, 1.807) is 0 Å². The Morgan fingerprint density at radius 1 is 1.28 bits per heavy atom. The highest BCUT2D eigenvalue weighted by Gasteiger charge is 2.23. The number of carbonyl (C=O) groups excluding carboxylic acids is 1. The van der Waals surface area contributed by atoms with Gasteiger partial charge in [0.1, 0.15) is 0 Å². The molecule has 0 aliphatic carbocycles. The molecule has 2 heterocycles. The first-order valence-electron chi connectivity index (χ1n) is 7.52. The molecule has 0 saturated carbocycles. The summed E-state index contributed by atoms with van der Waals surface area (Å²) in [6.07, 6.45) is 7.54. The number of likely N-dealkylation sites (tertiary alicyclic amines) is 1. The second-order valence-electron chi connectivity index (χ2n) is 5.66. The van der Waals surface area contributed by atoms with E-state index < -0.39 is 0 Å². The monoisotopic (exact) mass is 253 g/mol. The van der Waals surface area contributed by atoms with Crippen molar-refractivity contribution in [3.05, 3.63) is 0 Å². The van der Waals surface area contributed by atoms with Crippen molar-refractivity contribution in [3.8, 4) is 0 Å². The molecule has 2 N–H and O–H groups in total. The maximum atomic E-state index is 12.1. The Labute approximate surface area is 110 Å². The first-order valence-corrected chi connectivity index (χ1v) is 7.52. The van der Waals surface area contributed by atoms with E-state index in [-0.39, 0.29) is 11.9 Å². The molecular formula is C14H27N3O. The van der Waals surface area contributed by atoms with Crippen LogP contribution in [0.4, 0.5) is 0 Å². The van der Waals surface area contributed by atoms with Gasteiger partial charge in [-0.1, -0.05) is 12.8 Å². The summed E-state index contributed by atoms with van der Waals surface area (Å²) in [7, 11) is 0. The molecule has 4 heteroatoms. The third-order valence-electron chi connectivity index (χ3n) is 4.25. The number of nitrogens with zero attached hydrogens (tertiary/aromatic N) is 1. The van der Waals surface area contributed by atoms with Crippen LogP contribution >= 0.6 is 0 Å². The van der Waals surface area contributed by atoms with Crippen molar-refractivity contribution in [1.82, 2.24) is 15.5 Å². The fourth-order valence-electron chi connectivity index (χ4n) is 2.95. The third kappa shape index (κ3) is 3.95. The molecule has 2 aliphatic rings. The van der Waals surface area contributed by atoms with Crippen LogP contribution in [-0.4, -0.2) is 49.1 Å². The molecule has 0 aromatic heterocycles. The van der Waals surface area contributed by atoms with Gasteiger partial charge in [-0.3, -0.25) is 9.69 Å². The van der Waals surface area contributed by atoms with Crippen molar-refractivity contribution in [1.29, 1.82) is 0 Å². The van der Waals surface area contributed by atoms with E-state index >= 15 is 0 Å². The molecule has 2 rings (SSSR count). The predicted octanol–water partition coefficient (Wildman–Crippen LogP) is 1.12. The lowest BCUT2D eigenvalue weighted by atomic mass is 10.2. The molecule has 18 heavy (non-hydrogen) atoms. The van der Waals surface area contributed by atoms with E-state index in [1.807, 2.05) is 6.92 Å². The summed E-state index contributed by atoms with van der Waals surface area (Å²) in [4.78, 5) is 14.5. The van der Waals surface area contributed by atoms with E-state index in [9.17, 15) is 4.79 Å². The zero-order valence-corrected chi connectivity index (χ0v) is 11.6. The lowest BCUT2D eigenvalue weighted by Crippen LogP contribution is -2.48. The van der Waals surface area contributed by atoms with Crippen molar-refractivity contribution >= 4 is 5.91 Å². The minimum atomic E-state index is 0.0319. The average molecular weight is 253 g/mol. The maximum absolute atomic E-state index is 12.1. The van der Waals surface area contributed by atoms with Crippen molar-refractivity contribution in [2.24, 2.45) is 0 Å². The van der Waals surface area contributed by atoms with Gasteiger partial charge in [0, 0.05) is 12.6 Å². The maximum Gasteiger partial charge on any atom is 0.237 e. The van der Waals surface area contributed by atoms with Gasteiger partial charge in [-0.15, -0.1) is 0 Å².